The molecule has 0 aliphatic carbocycles. The number of benzene rings is 2. The highest BCUT2D eigenvalue weighted by Crippen LogP contribution is 2.23. The monoisotopic (exact) mass is 393 g/mol. The van der Waals surface area contributed by atoms with Crippen molar-refractivity contribution in [1.29, 1.82) is 0 Å². The van der Waals surface area contributed by atoms with Crippen LogP contribution in [0.1, 0.15) is 10.4 Å². The number of halogens is 4. The molecule has 0 bridgehead atoms. The van der Waals surface area contributed by atoms with E-state index in [2.05, 4.69) is 5.32 Å². The Labute approximate surface area is 125 Å². The largest absolute Gasteiger partial charge is 0.507 e. The smallest absolute Gasteiger partial charge is 0.255 e. The highest BCUT2D eigenvalue weighted by Gasteiger charge is 2.16. The van der Waals surface area contributed by atoms with Crippen LogP contribution in [-0.4, -0.2) is 11.0 Å². The van der Waals surface area contributed by atoms with Gasteiger partial charge in [0.1, 0.15) is 5.75 Å². The van der Waals surface area contributed by atoms with Crippen molar-refractivity contribution in [3.8, 4) is 5.75 Å². The second-order valence-electron chi connectivity index (χ2n) is 3.84. The zero-order valence-electron chi connectivity index (χ0n) is 9.75. The van der Waals surface area contributed by atoms with Gasteiger partial charge in [0.05, 0.1) is 9.26 Å². The number of amides is 1. The minimum atomic E-state index is -1.66. The molecule has 2 N–H and O–H groups in total. The number of carbonyl (C=O) groups is 1. The molecule has 0 aliphatic rings. The summed E-state index contributed by atoms with van der Waals surface area (Å²) in [6.07, 6.45) is 0. The van der Waals surface area contributed by atoms with Crippen LogP contribution in [0.15, 0.2) is 30.3 Å². The fraction of sp³-hybridized carbons (Fsp3) is 0. The van der Waals surface area contributed by atoms with Crippen LogP contribution in [-0.2, 0) is 0 Å². The van der Waals surface area contributed by atoms with E-state index >= 15 is 0 Å². The van der Waals surface area contributed by atoms with E-state index in [1.165, 1.54) is 18.2 Å². The SMILES string of the molecule is O=C(Nc1ccc(F)c(F)c1F)c1ccc(I)c(O)c1. The lowest BCUT2D eigenvalue weighted by atomic mass is 10.2. The number of aromatic hydroxyl groups is 1. The summed E-state index contributed by atoms with van der Waals surface area (Å²) in [6.45, 7) is 0. The molecule has 0 saturated heterocycles. The Kier molecular flexibility index (Phi) is 4.17. The highest BCUT2D eigenvalue weighted by molar-refractivity contribution is 14.1. The standard InChI is InChI=1S/C13H7F3INO2/c14-7-2-4-9(12(16)11(7)15)18-13(20)6-1-3-8(17)10(19)5-6/h1-5,19H,(H,18,20). The minimum absolute atomic E-state index is 0.0621. The van der Waals surface area contributed by atoms with E-state index in [1.54, 1.807) is 0 Å². The second kappa shape index (κ2) is 5.70. The quantitative estimate of drug-likeness (QED) is 0.605. The Morgan fingerprint density at radius 1 is 1.10 bits per heavy atom. The third-order valence-corrected chi connectivity index (χ3v) is 3.40. The van der Waals surface area contributed by atoms with Crippen molar-refractivity contribution in [2.75, 3.05) is 5.32 Å². The molecule has 3 nitrogen and oxygen atoms in total. The number of phenols is 1. The minimum Gasteiger partial charge on any atom is -0.507 e. The van der Waals surface area contributed by atoms with Crippen LogP contribution >= 0.6 is 22.6 Å². The molecule has 0 heterocycles. The molecule has 0 aromatic heterocycles. The summed E-state index contributed by atoms with van der Waals surface area (Å²) in [5, 5.41) is 11.6. The number of nitrogens with one attached hydrogen (secondary N) is 1. The van der Waals surface area contributed by atoms with Gasteiger partial charge in [0, 0.05) is 5.56 Å². The topological polar surface area (TPSA) is 49.3 Å². The summed E-state index contributed by atoms with van der Waals surface area (Å²) >= 11 is 1.87. The van der Waals surface area contributed by atoms with Crippen LogP contribution in [0.4, 0.5) is 18.9 Å². The predicted octanol–water partition coefficient (Wildman–Crippen LogP) is 3.67. The molecule has 2 aromatic carbocycles. The zero-order chi connectivity index (χ0) is 14.9. The van der Waals surface area contributed by atoms with Gasteiger partial charge in [-0.3, -0.25) is 4.79 Å². The molecule has 1 amide bonds. The average Bonchev–Trinajstić information content (AvgIpc) is 2.42. The normalized spacial score (nSPS) is 10.4. The van der Waals surface area contributed by atoms with Gasteiger partial charge in [-0.1, -0.05) is 0 Å². The van der Waals surface area contributed by atoms with Gasteiger partial charge in [-0.25, -0.2) is 13.2 Å². The zero-order valence-corrected chi connectivity index (χ0v) is 11.9. The molecule has 0 fully saturated rings. The van der Waals surface area contributed by atoms with Gasteiger partial charge in [0.15, 0.2) is 17.5 Å². The lowest BCUT2D eigenvalue weighted by Crippen LogP contribution is -2.14. The van der Waals surface area contributed by atoms with Gasteiger partial charge in [-0.2, -0.15) is 0 Å². The molecular weight excluding hydrogens is 386 g/mol. The molecule has 0 spiro atoms. The lowest BCUT2D eigenvalue weighted by Gasteiger charge is -2.08. The van der Waals surface area contributed by atoms with Gasteiger partial charge in [0.2, 0.25) is 0 Å². The summed E-state index contributed by atoms with van der Waals surface area (Å²) in [5.74, 6) is -5.33. The molecule has 0 radical (unpaired) electrons. The second-order valence-corrected chi connectivity index (χ2v) is 5.01. The first-order chi connectivity index (χ1) is 9.40. The molecule has 0 saturated carbocycles. The van der Waals surface area contributed by atoms with E-state index in [1.807, 2.05) is 22.6 Å². The van der Waals surface area contributed by atoms with E-state index in [4.69, 9.17) is 0 Å². The molecule has 104 valence electrons. The Morgan fingerprint density at radius 3 is 2.45 bits per heavy atom. The lowest BCUT2D eigenvalue weighted by molar-refractivity contribution is 0.102. The van der Waals surface area contributed by atoms with Crippen molar-refractivity contribution < 1.29 is 23.1 Å². The molecule has 2 rings (SSSR count). The first-order valence-electron chi connectivity index (χ1n) is 5.33. The van der Waals surface area contributed by atoms with Crippen molar-refractivity contribution in [1.82, 2.24) is 0 Å². The molecule has 20 heavy (non-hydrogen) atoms. The number of hydrogen-bond acceptors (Lipinski definition) is 2. The van der Waals surface area contributed by atoms with Crippen LogP contribution in [0.3, 0.4) is 0 Å². The van der Waals surface area contributed by atoms with Crippen molar-refractivity contribution in [2.24, 2.45) is 0 Å². The van der Waals surface area contributed by atoms with Crippen LogP contribution in [0, 0.1) is 21.0 Å². The first kappa shape index (κ1) is 14.6. The van der Waals surface area contributed by atoms with E-state index < -0.39 is 29.0 Å². The van der Waals surface area contributed by atoms with Gasteiger partial charge >= 0.3 is 0 Å². The molecule has 7 heteroatoms. The summed E-state index contributed by atoms with van der Waals surface area (Å²) in [7, 11) is 0. The van der Waals surface area contributed by atoms with Crippen molar-refractivity contribution in [3.05, 3.63) is 56.9 Å². The van der Waals surface area contributed by atoms with Crippen molar-refractivity contribution in [3.63, 3.8) is 0 Å². The van der Waals surface area contributed by atoms with Gasteiger partial charge in [-0.15, -0.1) is 0 Å². The maximum Gasteiger partial charge on any atom is 0.255 e. The molecule has 0 atom stereocenters. The number of anilines is 1. The molecule has 2 aromatic rings. The third kappa shape index (κ3) is 2.87. The van der Waals surface area contributed by atoms with Crippen LogP contribution in [0.2, 0.25) is 0 Å². The maximum atomic E-state index is 13.4. The number of carbonyl (C=O) groups excluding carboxylic acids is 1. The molecular formula is C13H7F3INO2. The maximum absolute atomic E-state index is 13.4. The highest BCUT2D eigenvalue weighted by atomic mass is 127. The van der Waals surface area contributed by atoms with Gasteiger partial charge in [-0.05, 0) is 52.9 Å². The Balaban J connectivity index is 2.28. The van der Waals surface area contributed by atoms with Gasteiger partial charge < -0.3 is 10.4 Å². The van der Waals surface area contributed by atoms with Crippen molar-refractivity contribution >= 4 is 34.2 Å². The number of phenolic OH excluding ortho intramolecular Hbond substituents is 1. The summed E-state index contributed by atoms with van der Waals surface area (Å²) < 4.78 is 39.7. The van der Waals surface area contributed by atoms with E-state index in [0.29, 0.717) is 9.64 Å². The van der Waals surface area contributed by atoms with Crippen LogP contribution < -0.4 is 5.32 Å². The van der Waals surface area contributed by atoms with E-state index in [9.17, 15) is 23.1 Å². The summed E-state index contributed by atoms with van der Waals surface area (Å²) in [5.41, 5.74) is -0.418. The van der Waals surface area contributed by atoms with Crippen LogP contribution in [0.25, 0.3) is 0 Å². The number of hydrogen-bond donors (Lipinski definition) is 2. The van der Waals surface area contributed by atoms with Crippen LogP contribution in [0.5, 0.6) is 5.75 Å². The first-order valence-corrected chi connectivity index (χ1v) is 6.41. The molecule has 0 unspecified atom stereocenters. The summed E-state index contributed by atoms with van der Waals surface area (Å²) in [4.78, 5) is 11.8. The summed E-state index contributed by atoms with van der Waals surface area (Å²) in [6, 6.07) is 5.72. The average molecular weight is 393 g/mol. The fourth-order valence-electron chi connectivity index (χ4n) is 1.47. The molecule has 0 aliphatic heterocycles. The Hall–Kier alpha value is -1.77. The Morgan fingerprint density at radius 2 is 1.80 bits per heavy atom. The van der Waals surface area contributed by atoms with Gasteiger partial charge in [0.25, 0.3) is 5.91 Å². The predicted molar refractivity (Wildman–Crippen MR) is 75.1 cm³/mol. The third-order valence-electron chi connectivity index (χ3n) is 2.49. The Bertz CT molecular complexity index is 692. The van der Waals surface area contributed by atoms with E-state index in [-0.39, 0.29) is 11.3 Å². The van der Waals surface area contributed by atoms with E-state index in [0.717, 1.165) is 6.07 Å². The van der Waals surface area contributed by atoms with Crippen molar-refractivity contribution in [2.45, 2.75) is 0 Å². The fourth-order valence-corrected chi connectivity index (χ4v) is 1.81. The number of rotatable bonds is 2.